The van der Waals surface area contributed by atoms with Crippen molar-refractivity contribution in [3.8, 4) is 5.75 Å². The van der Waals surface area contributed by atoms with Gasteiger partial charge in [0.15, 0.2) is 5.01 Å². The van der Waals surface area contributed by atoms with Gasteiger partial charge >= 0.3 is 0 Å². The Balaban J connectivity index is 1.40. The fourth-order valence-corrected chi connectivity index (χ4v) is 5.33. The quantitative estimate of drug-likeness (QED) is 0.421. The summed E-state index contributed by atoms with van der Waals surface area (Å²) in [6, 6.07) is 15.1. The third-order valence-electron chi connectivity index (χ3n) is 4.31. The van der Waals surface area contributed by atoms with Crippen LogP contribution in [0.25, 0.3) is 6.08 Å². The number of nitrogens with zero attached hydrogens (tertiary/aromatic N) is 3. The predicted octanol–water partition coefficient (Wildman–Crippen LogP) is 5.93. The largest absolute Gasteiger partial charge is 0.485 e. The highest BCUT2D eigenvalue weighted by molar-refractivity contribution is 8.01. The van der Waals surface area contributed by atoms with Crippen molar-refractivity contribution in [3.05, 3.63) is 75.2 Å². The zero-order valence-corrected chi connectivity index (χ0v) is 18.8. The van der Waals surface area contributed by atoms with E-state index in [1.165, 1.54) is 11.3 Å². The SMILES string of the molecule is O=C1CSC(C/C=C/c2ccccc2)N1c1nnc(COc2ccc(Cl)cc2Cl)s1. The van der Waals surface area contributed by atoms with Crippen molar-refractivity contribution in [1.82, 2.24) is 10.2 Å². The summed E-state index contributed by atoms with van der Waals surface area (Å²) in [5, 5.41) is 10.6. The molecule has 0 bridgehead atoms. The van der Waals surface area contributed by atoms with E-state index in [-0.39, 0.29) is 17.9 Å². The lowest BCUT2D eigenvalue weighted by Crippen LogP contribution is -2.32. The highest BCUT2D eigenvalue weighted by atomic mass is 35.5. The number of amides is 1. The average molecular weight is 478 g/mol. The molecule has 2 heterocycles. The Morgan fingerprint density at radius 3 is 2.80 bits per heavy atom. The zero-order valence-electron chi connectivity index (χ0n) is 15.7. The lowest BCUT2D eigenvalue weighted by atomic mass is 10.2. The smallest absolute Gasteiger partial charge is 0.239 e. The maximum absolute atomic E-state index is 12.4. The highest BCUT2D eigenvalue weighted by Crippen LogP contribution is 2.35. The minimum atomic E-state index is 0.00453. The molecule has 0 radical (unpaired) electrons. The summed E-state index contributed by atoms with van der Waals surface area (Å²) in [7, 11) is 0. The van der Waals surface area contributed by atoms with Crippen molar-refractivity contribution in [2.45, 2.75) is 18.4 Å². The molecule has 1 fully saturated rings. The molecule has 1 aromatic heterocycles. The summed E-state index contributed by atoms with van der Waals surface area (Å²) >= 11 is 15.0. The number of hydrogen-bond acceptors (Lipinski definition) is 6. The molecule has 1 amide bonds. The second kappa shape index (κ2) is 9.83. The first-order valence-electron chi connectivity index (χ1n) is 9.15. The first kappa shape index (κ1) is 21.2. The van der Waals surface area contributed by atoms with Gasteiger partial charge in [0.25, 0.3) is 0 Å². The maximum Gasteiger partial charge on any atom is 0.239 e. The summed E-state index contributed by atoms with van der Waals surface area (Å²) < 4.78 is 5.72. The minimum Gasteiger partial charge on any atom is -0.485 e. The summed E-state index contributed by atoms with van der Waals surface area (Å²) in [6.45, 7) is 0.215. The van der Waals surface area contributed by atoms with Gasteiger partial charge in [-0.25, -0.2) is 0 Å². The van der Waals surface area contributed by atoms with Gasteiger partial charge in [0.05, 0.1) is 16.1 Å². The minimum absolute atomic E-state index is 0.00453. The van der Waals surface area contributed by atoms with E-state index in [0.717, 1.165) is 12.0 Å². The number of thioether (sulfide) groups is 1. The van der Waals surface area contributed by atoms with Crippen LogP contribution in [0.15, 0.2) is 54.6 Å². The Morgan fingerprint density at radius 2 is 2.00 bits per heavy atom. The maximum atomic E-state index is 12.4. The van der Waals surface area contributed by atoms with Crippen LogP contribution in [-0.4, -0.2) is 27.2 Å². The normalized spacial score (nSPS) is 16.5. The van der Waals surface area contributed by atoms with Crippen molar-refractivity contribution in [2.24, 2.45) is 0 Å². The van der Waals surface area contributed by atoms with Crippen molar-refractivity contribution in [3.63, 3.8) is 0 Å². The lowest BCUT2D eigenvalue weighted by molar-refractivity contribution is -0.115. The van der Waals surface area contributed by atoms with Crippen LogP contribution in [0.1, 0.15) is 17.0 Å². The fourth-order valence-electron chi connectivity index (χ4n) is 2.89. The molecule has 9 heteroatoms. The molecule has 4 rings (SSSR count). The summed E-state index contributed by atoms with van der Waals surface area (Å²) in [5.41, 5.74) is 1.13. The molecule has 30 heavy (non-hydrogen) atoms. The molecule has 0 aliphatic carbocycles. The molecule has 154 valence electrons. The number of rotatable bonds is 7. The summed E-state index contributed by atoms with van der Waals surface area (Å²) in [4.78, 5) is 14.2. The van der Waals surface area contributed by atoms with Crippen LogP contribution in [0, 0.1) is 0 Å². The van der Waals surface area contributed by atoms with Gasteiger partial charge in [-0.15, -0.1) is 22.0 Å². The van der Waals surface area contributed by atoms with E-state index < -0.39 is 0 Å². The standard InChI is InChI=1S/C21H17Cl2N3O2S2/c22-15-9-10-17(16(23)11-15)28-12-18-24-25-21(30-18)26-19(27)13-29-20(26)8-4-7-14-5-2-1-3-6-14/h1-7,9-11,20H,8,12-13H2/b7-4+. The fraction of sp³-hybridized carbons (Fsp3) is 0.190. The molecule has 1 atom stereocenters. The molecule has 5 nitrogen and oxygen atoms in total. The van der Waals surface area contributed by atoms with E-state index in [4.69, 9.17) is 27.9 Å². The van der Waals surface area contributed by atoms with Crippen molar-refractivity contribution in [2.75, 3.05) is 10.7 Å². The topological polar surface area (TPSA) is 55.3 Å². The van der Waals surface area contributed by atoms with Gasteiger partial charge in [-0.2, -0.15) is 0 Å². The number of aromatic nitrogens is 2. The number of carbonyl (C=O) groups is 1. The van der Waals surface area contributed by atoms with Crippen LogP contribution in [0.5, 0.6) is 5.75 Å². The van der Waals surface area contributed by atoms with Crippen molar-refractivity contribution < 1.29 is 9.53 Å². The summed E-state index contributed by atoms with van der Waals surface area (Å²) in [5.74, 6) is 1.01. The Bertz CT molecular complexity index is 1060. The molecular formula is C21H17Cl2N3O2S2. The third kappa shape index (κ3) is 5.16. The molecule has 1 saturated heterocycles. The first-order valence-corrected chi connectivity index (χ1v) is 11.8. The second-order valence-corrected chi connectivity index (χ2v) is 9.47. The monoisotopic (exact) mass is 477 g/mol. The van der Waals surface area contributed by atoms with Crippen LogP contribution in [0.2, 0.25) is 10.0 Å². The number of anilines is 1. The number of carbonyl (C=O) groups excluding carboxylic acids is 1. The van der Waals surface area contributed by atoms with Crippen LogP contribution in [-0.2, 0) is 11.4 Å². The van der Waals surface area contributed by atoms with E-state index in [1.807, 2.05) is 30.3 Å². The van der Waals surface area contributed by atoms with Gasteiger partial charge in [0.2, 0.25) is 11.0 Å². The molecule has 0 N–H and O–H groups in total. The van der Waals surface area contributed by atoms with E-state index in [1.54, 1.807) is 34.9 Å². The van der Waals surface area contributed by atoms with Gasteiger partial charge < -0.3 is 4.74 Å². The zero-order chi connectivity index (χ0) is 20.9. The number of halogens is 2. The Kier molecular flexibility index (Phi) is 6.94. The third-order valence-corrected chi connectivity index (χ3v) is 6.94. The number of ether oxygens (including phenoxy) is 1. The van der Waals surface area contributed by atoms with Crippen molar-refractivity contribution in [1.29, 1.82) is 0 Å². The lowest BCUT2D eigenvalue weighted by Gasteiger charge is -2.19. The van der Waals surface area contributed by atoms with Crippen LogP contribution < -0.4 is 9.64 Å². The molecule has 1 unspecified atom stereocenters. The van der Waals surface area contributed by atoms with E-state index in [2.05, 4.69) is 22.3 Å². The molecular weight excluding hydrogens is 461 g/mol. The van der Waals surface area contributed by atoms with Gasteiger partial charge in [-0.3, -0.25) is 9.69 Å². The number of benzene rings is 2. The molecule has 3 aromatic rings. The molecule has 0 saturated carbocycles. The highest BCUT2D eigenvalue weighted by Gasteiger charge is 2.34. The average Bonchev–Trinajstić information content (AvgIpc) is 3.34. The molecule has 2 aromatic carbocycles. The Hall–Kier alpha value is -2.06. The Morgan fingerprint density at radius 1 is 1.17 bits per heavy atom. The van der Waals surface area contributed by atoms with Gasteiger partial charge in [-0.05, 0) is 30.2 Å². The Labute approximate surface area is 192 Å². The predicted molar refractivity (Wildman–Crippen MR) is 125 cm³/mol. The summed E-state index contributed by atoms with van der Waals surface area (Å²) in [6.07, 6.45) is 4.89. The van der Waals surface area contributed by atoms with Crippen LogP contribution >= 0.6 is 46.3 Å². The van der Waals surface area contributed by atoms with Gasteiger partial charge in [0.1, 0.15) is 12.4 Å². The molecule has 0 spiro atoms. The van der Waals surface area contributed by atoms with Gasteiger partial charge in [-0.1, -0.05) is 77.0 Å². The van der Waals surface area contributed by atoms with Crippen LogP contribution in [0.3, 0.4) is 0 Å². The molecule has 1 aliphatic rings. The van der Waals surface area contributed by atoms with Crippen molar-refractivity contribution >= 4 is 63.4 Å². The van der Waals surface area contributed by atoms with E-state index in [0.29, 0.717) is 31.7 Å². The second-order valence-electron chi connectivity index (χ2n) is 6.42. The number of hydrogen-bond donors (Lipinski definition) is 0. The van der Waals surface area contributed by atoms with Crippen LogP contribution in [0.4, 0.5) is 5.13 Å². The molecule has 1 aliphatic heterocycles. The van der Waals surface area contributed by atoms with Gasteiger partial charge in [0, 0.05) is 5.02 Å². The first-order chi connectivity index (χ1) is 14.6. The van der Waals surface area contributed by atoms with E-state index in [9.17, 15) is 4.79 Å². The van der Waals surface area contributed by atoms with E-state index >= 15 is 0 Å².